The van der Waals surface area contributed by atoms with Gasteiger partial charge in [0.15, 0.2) is 0 Å². The summed E-state index contributed by atoms with van der Waals surface area (Å²) in [5, 5.41) is 7.12. The van der Waals surface area contributed by atoms with E-state index < -0.39 is 0 Å². The minimum absolute atomic E-state index is 0.676. The van der Waals surface area contributed by atoms with Crippen molar-refractivity contribution in [1.82, 2.24) is 15.5 Å². The Labute approximate surface area is 87.2 Å². The molecule has 2 rings (SSSR count). The number of likely N-dealkylation sites (tertiary alicyclic amines) is 1. The molecular weight excluding hydrogens is 174 g/mol. The van der Waals surface area contributed by atoms with E-state index in [0.717, 1.165) is 6.54 Å². The molecule has 82 valence electrons. The largest absolute Gasteiger partial charge is 0.315 e. The highest BCUT2D eigenvalue weighted by atomic mass is 15.2. The third kappa shape index (κ3) is 3.23. The monoisotopic (exact) mass is 197 g/mol. The van der Waals surface area contributed by atoms with Crippen LogP contribution in [0.25, 0.3) is 0 Å². The highest BCUT2D eigenvalue weighted by Crippen LogP contribution is 2.08. The maximum absolute atomic E-state index is 3.62. The van der Waals surface area contributed by atoms with Gasteiger partial charge in [-0.1, -0.05) is 6.42 Å². The smallest absolute Gasteiger partial charge is 0.0320 e. The minimum atomic E-state index is 0.676. The second-order valence-corrected chi connectivity index (χ2v) is 4.57. The fraction of sp³-hybridized carbons (Fsp3) is 1.00. The average Bonchev–Trinajstić information content (AvgIpc) is 2.48. The first-order valence-electron chi connectivity index (χ1n) is 6.11. The van der Waals surface area contributed by atoms with Crippen LogP contribution in [0.1, 0.15) is 25.7 Å². The Hall–Kier alpha value is -0.120. The van der Waals surface area contributed by atoms with E-state index in [1.54, 1.807) is 0 Å². The summed E-state index contributed by atoms with van der Waals surface area (Å²) < 4.78 is 0. The Balaban J connectivity index is 1.71. The molecule has 0 saturated carbocycles. The van der Waals surface area contributed by atoms with Crippen molar-refractivity contribution in [3.63, 3.8) is 0 Å². The van der Waals surface area contributed by atoms with E-state index in [2.05, 4.69) is 15.5 Å². The highest BCUT2D eigenvalue weighted by molar-refractivity contribution is 4.78. The molecule has 0 amide bonds. The van der Waals surface area contributed by atoms with Crippen molar-refractivity contribution in [3.05, 3.63) is 0 Å². The molecular formula is C11H23N3. The van der Waals surface area contributed by atoms with Gasteiger partial charge >= 0.3 is 0 Å². The van der Waals surface area contributed by atoms with Gasteiger partial charge in [-0.25, -0.2) is 0 Å². The number of hydrogen-bond donors (Lipinski definition) is 2. The summed E-state index contributed by atoms with van der Waals surface area (Å²) in [6, 6.07) is 0.676. The van der Waals surface area contributed by atoms with Crippen molar-refractivity contribution in [2.45, 2.75) is 31.7 Å². The van der Waals surface area contributed by atoms with Crippen LogP contribution in [0.4, 0.5) is 0 Å². The molecule has 0 spiro atoms. The van der Waals surface area contributed by atoms with E-state index in [9.17, 15) is 0 Å². The third-order valence-electron chi connectivity index (χ3n) is 3.28. The van der Waals surface area contributed by atoms with Gasteiger partial charge in [-0.05, 0) is 45.4 Å². The van der Waals surface area contributed by atoms with Gasteiger partial charge in [0.1, 0.15) is 0 Å². The van der Waals surface area contributed by atoms with Crippen molar-refractivity contribution >= 4 is 0 Å². The number of piperidine rings is 1. The maximum atomic E-state index is 3.62. The fourth-order valence-corrected chi connectivity index (χ4v) is 2.45. The Morgan fingerprint density at radius 3 is 2.71 bits per heavy atom. The normalized spacial score (nSPS) is 31.3. The van der Waals surface area contributed by atoms with Crippen molar-refractivity contribution in [1.29, 1.82) is 0 Å². The summed E-state index contributed by atoms with van der Waals surface area (Å²) in [5.74, 6) is 0. The molecule has 1 atom stereocenters. The zero-order valence-electron chi connectivity index (χ0n) is 9.10. The number of nitrogens with zero attached hydrogens (tertiary/aromatic N) is 1. The van der Waals surface area contributed by atoms with Crippen LogP contribution in [-0.4, -0.2) is 50.2 Å². The Bertz CT molecular complexity index is 147. The zero-order chi connectivity index (χ0) is 9.64. The molecule has 1 unspecified atom stereocenters. The van der Waals surface area contributed by atoms with Crippen molar-refractivity contribution in [3.8, 4) is 0 Å². The van der Waals surface area contributed by atoms with E-state index in [1.165, 1.54) is 58.4 Å². The molecule has 3 heteroatoms. The van der Waals surface area contributed by atoms with Gasteiger partial charge < -0.3 is 15.5 Å². The molecule has 2 heterocycles. The van der Waals surface area contributed by atoms with Gasteiger partial charge in [-0.2, -0.15) is 0 Å². The van der Waals surface area contributed by atoms with Crippen LogP contribution in [0.15, 0.2) is 0 Å². The number of hydrogen-bond acceptors (Lipinski definition) is 3. The van der Waals surface area contributed by atoms with Crippen LogP contribution in [-0.2, 0) is 0 Å². The molecule has 0 radical (unpaired) electrons. The standard InChI is InChI=1S/C11H23N3/c1-2-7-14(8-3-1)10-11-9-12-5-4-6-13-11/h11-13H,1-10H2. The summed E-state index contributed by atoms with van der Waals surface area (Å²) in [6.45, 7) is 7.40. The van der Waals surface area contributed by atoms with Gasteiger partial charge in [0.25, 0.3) is 0 Å². The summed E-state index contributed by atoms with van der Waals surface area (Å²) in [4.78, 5) is 2.62. The molecule has 2 saturated heterocycles. The SMILES string of the molecule is C1CCN(CC2CNCCCN2)CC1. The maximum Gasteiger partial charge on any atom is 0.0320 e. The van der Waals surface area contributed by atoms with Crippen molar-refractivity contribution in [2.24, 2.45) is 0 Å². The van der Waals surface area contributed by atoms with Gasteiger partial charge in [-0.3, -0.25) is 0 Å². The second-order valence-electron chi connectivity index (χ2n) is 4.57. The summed E-state index contributed by atoms with van der Waals surface area (Å²) in [6.07, 6.45) is 5.52. The molecule has 2 N–H and O–H groups in total. The lowest BCUT2D eigenvalue weighted by Crippen LogP contribution is -2.46. The first-order valence-corrected chi connectivity index (χ1v) is 6.11. The van der Waals surface area contributed by atoms with E-state index in [4.69, 9.17) is 0 Å². The van der Waals surface area contributed by atoms with E-state index in [0.29, 0.717) is 6.04 Å². The first-order chi connectivity index (χ1) is 6.95. The third-order valence-corrected chi connectivity index (χ3v) is 3.28. The Morgan fingerprint density at radius 2 is 1.86 bits per heavy atom. The Kier molecular flexibility index (Phi) is 4.22. The molecule has 2 aliphatic rings. The summed E-state index contributed by atoms with van der Waals surface area (Å²) >= 11 is 0. The van der Waals surface area contributed by atoms with Gasteiger partial charge in [0.2, 0.25) is 0 Å². The lowest BCUT2D eigenvalue weighted by molar-refractivity contribution is 0.206. The van der Waals surface area contributed by atoms with Crippen LogP contribution in [0, 0.1) is 0 Å². The molecule has 0 aliphatic carbocycles. The summed E-state index contributed by atoms with van der Waals surface area (Å²) in [7, 11) is 0. The van der Waals surface area contributed by atoms with E-state index >= 15 is 0 Å². The quantitative estimate of drug-likeness (QED) is 0.672. The fourth-order valence-electron chi connectivity index (χ4n) is 2.45. The minimum Gasteiger partial charge on any atom is -0.315 e. The second kappa shape index (κ2) is 5.69. The molecule has 2 aliphatic heterocycles. The molecule has 3 nitrogen and oxygen atoms in total. The van der Waals surface area contributed by atoms with Crippen LogP contribution < -0.4 is 10.6 Å². The van der Waals surface area contributed by atoms with Crippen LogP contribution >= 0.6 is 0 Å². The topological polar surface area (TPSA) is 27.3 Å². The molecule has 0 aromatic carbocycles. The first kappa shape index (κ1) is 10.4. The van der Waals surface area contributed by atoms with Gasteiger partial charge in [0.05, 0.1) is 0 Å². The number of nitrogens with one attached hydrogen (secondary N) is 2. The molecule has 2 fully saturated rings. The number of rotatable bonds is 2. The van der Waals surface area contributed by atoms with Crippen molar-refractivity contribution in [2.75, 3.05) is 39.3 Å². The van der Waals surface area contributed by atoms with Crippen molar-refractivity contribution < 1.29 is 0 Å². The zero-order valence-corrected chi connectivity index (χ0v) is 9.10. The molecule has 0 bridgehead atoms. The van der Waals surface area contributed by atoms with E-state index in [1.807, 2.05) is 0 Å². The van der Waals surface area contributed by atoms with Gasteiger partial charge in [-0.15, -0.1) is 0 Å². The molecule has 0 aromatic heterocycles. The molecule has 0 aromatic rings. The molecule has 14 heavy (non-hydrogen) atoms. The average molecular weight is 197 g/mol. The van der Waals surface area contributed by atoms with Crippen LogP contribution in [0.3, 0.4) is 0 Å². The van der Waals surface area contributed by atoms with Crippen LogP contribution in [0.5, 0.6) is 0 Å². The Morgan fingerprint density at radius 1 is 1.00 bits per heavy atom. The lowest BCUT2D eigenvalue weighted by atomic mass is 10.1. The predicted octanol–water partition coefficient (Wildman–Crippen LogP) is 0.424. The van der Waals surface area contributed by atoms with E-state index in [-0.39, 0.29) is 0 Å². The van der Waals surface area contributed by atoms with Crippen LogP contribution in [0.2, 0.25) is 0 Å². The predicted molar refractivity (Wildman–Crippen MR) is 59.6 cm³/mol. The lowest BCUT2D eigenvalue weighted by Gasteiger charge is -2.30. The highest BCUT2D eigenvalue weighted by Gasteiger charge is 2.16. The van der Waals surface area contributed by atoms with Gasteiger partial charge in [0, 0.05) is 19.1 Å². The summed E-state index contributed by atoms with van der Waals surface area (Å²) in [5.41, 5.74) is 0.